The number of nitrogens with zero attached hydrogens (tertiary/aromatic N) is 3. The van der Waals surface area contributed by atoms with E-state index in [4.69, 9.17) is 9.47 Å². The minimum absolute atomic E-state index is 0.171. The number of imide groups is 1. The van der Waals surface area contributed by atoms with E-state index in [1.165, 1.54) is 0 Å². The second-order valence-electron chi connectivity index (χ2n) is 6.82. The standard InChI is InChI=1S/C15H26N4O5/c1-15(2,3)24-13(21)16-19-12(20)4-5-18(14(19)22)7-6-17-8-10-23-11-9-17/h4-11H2,1-3H3,(H,16,21). The summed E-state index contributed by atoms with van der Waals surface area (Å²) in [6, 6.07) is -0.523. The van der Waals surface area contributed by atoms with E-state index < -0.39 is 23.6 Å². The molecular formula is C15H26N4O5. The van der Waals surface area contributed by atoms with Gasteiger partial charge in [-0.1, -0.05) is 0 Å². The van der Waals surface area contributed by atoms with Crippen molar-refractivity contribution < 1.29 is 23.9 Å². The van der Waals surface area contributed by atoms with Crippen LogP contribution in [0.15, 0.2) is 0 Å². The number of urea groups is 1. The molecule has 9 heteroatoms. The summed E-state index contributed by atoms with van der Waals surface area (Å²) in [4.78, 5) is 39.9. The lowest BCUT2D eigenvalue weighted by molar-refractivity contribution is -0.133. The molecule has 4 amide bonds. The summed E-state index contributed by atoms with van der Waals surface area (Å²) < 4.78 is 10.4. The fourth-order valence-corrected chi connectivity index (χ4v) is 2.48. The Labute approximate surface area is 141 Å². The number of rotatable bonds is 4. The number of carbonyl (C=O) groups is 3. The lowest BCUT2D eigenvalue weighted by atomic mass is 10.2. The van der Waals surface area contributed by atoms with Crippen molar-refractivity contribution >= 4 is 18.0 Å². The molecule has 9 nitrogen and oxygen atoms in total. The number of carbonyl (C=O) groups excluding carboxylic acids is 3. The molecule has 2 aliphatic heterocycles. The van der Waals surface area contributed by atoms with E-state index in [1.54, 1.807) is 25.7 Å². The number of amides is 4. The fraction of sp³-hybridized carbons (Fsp3) is 0.800. The molecule has 24 heavy (non-hydrogen) atoms. The molecule has 136 valence electrons. The summed E-state index contributed by atoms with van der Waals surface area (Å²) in [7, 11) is 0. The quantitative estimate of drug-likeness (QED) is 0.796. The SMILES string of the molecule is CC(C)(C)OC(=O)NN1C(=O)CCN(CCN2CCOCC2)C1=O. The smallest absolute Gasteiger partial charge is 0.427 e. The van der Waals surface area contributed by atoms with Crippen molar-refractivity contribution in [2.45, 2.75) is 32.8 Å². The van der Waals surface area contributed by atoms with Crippen molar-refractivity contribution in [2.75, 3.05) is 45.9 Å². The fourth-order valence-electron chi connectivity index (χ4n) is 2.48. The number of hydrogen-bond donors (Lipinski definition) is 1. The van der Waals surface area contributed by atoms with Gasteiger partial charge in [0.05, 0.1) is 13.2 Å². The van der Waals surface area contributed by atoms with Gasteiger partial charge in [-0.05, 0) is 20.8 Å². The molecule has 0 atom stereocenters. The van der Waals surface area contributed by atoms with Crippen molar-refractivity contribution in [1.82, 2.24) is 20.2 Å². The van der Waals surface area contributed by atoms with Crippen LogP contribution in [0.5, 0.6) is 0 Å². The topological polar surface area (TPSA) is 91.4 Å². The van der Waals surface area contributed by atoms with Crippen molar-refractivity contribution in [1.29, 1.82) is 0 Å². The molecule has 0 spiro atoms. The predicted octanol–water partition coefficient (Wildman–Crippen LogP) is 0.413. The summed E-state index contributed by atoms with van der Waals surface area (Å²) in [5.74, 6) is -0.437. The average Bonchev–Trinajstić information content (AvgIpc) is 2.50. The Morgan fingerprint density at radius 3 is 2.46 bits per heavy atom. The Morgan fingerprint density at radius 1 is 1.17 bits per heavy atom. The van der Waals surface area contributed by atoms with Gasteiger partial charge in [0.15, 0.2) is 0 Å². The lowest BCUT2D eigenvalue weighted by Gasteiger charge is -2.35. The van der Waals surface area contributed by atoms with Crippen molar-refractivity contribution in [3.05, 3.63) is 0 Å². The molecule has 0 unspecified atom stereocenters. The minimum Gasteiger partial charge on any atom is -0.443 e. The Balaban J connectivity index is 1.87. The van der Waals surface area contributed by atoms with Gasteiger partial charge in [0.2, 0.25) is 0 Å². The number of morpholine rings is 1. The maximum Gasteiger partial charge on any atom is 0.427 e. The number of nitrogens with one attached hydrogen (secondary N) is 1. The van der Waals surface area contributed by atoms with Gasteiger partial charge in [-0.25, -0.2) is 15.0 Å². The molecule has 0 aliphatic carbocycles. The Kier molecular flexibility index (Phi) is 6.00. The minimum atomic E-state index is -0.820. The zero-order valence-corrected chi connectivity index (χ0v) is 14.5. The highest BCUT2D eigenvalue weighted by Gasteiger charge is 2.34. The second-order valence-corrected chi connectivity index (χ2v) is 6.82. The lowest BCUT2D eigenvalue weighted by Crippen LogP contribution is -2.60. The van der Waals surface area contributed by atoms with Crippen LogP contribution in [0.2, 0.25) is 0 Å². The van der Waals surface area contributed by atoms with Gasteiger partial charge in [-0.2, -0.15) is 5.01 Å². The maximum atomic E-state index is 12.4. The summed E-state index contributed by atoms with van der Waals surface area (Å²) in [5.41, 5.74) is 1.53. The summed E-state index contributed by atoms with van der Waals surface area (Å²) in [6.07, 6.45) is -0.649. The van der Waals surface area contributed by atoms with E-state index in [0.717, 1.165) is 18.1 Å². The highest BCUT2D eigenvalue weighted by molar-refractivity contribution is 5.97. The normalized spacial score (nSPS) is 20.3. The molecule has 0 saturated carbocycles. The number of hydrogen-bond acceptors (Lipinski definition) is 6. The molecule has 2 fully saturated rings. The first-order valence-corrected chi connectivity index (χ1v) is 8.18. The van der Waals surface area contributed by atoms with Crippen LogP contribution in [-0.4, -0.2) is 84.4 Å². The molecule has 0 aromatic heterocycles. The largest absolute Gasteiger partial charge is 0.443 e. The molecular weight excluding hydrogens is 316 g/mol. The maximum absolute atomic E-state index is 12.4. The number of ether oxygens (including phenoxy) is 2. The predicted molar refractivity (Wildman–Crippen MR) is 85.1 cm³/mol. The van der Waals surface area contributed by atoms with Crippen LogP contribution in [-0.2, 0) is 14.3 Å². The van der Waals surface area contributed by atoms with E-state index >= 15 is 0 Å². The Bertz CT molecular complexity index is 485. The Morgan fingerprint density at radius 2 is 1.83 bits per heavy atom. The van der Waals surface area contributed by atoms with E-state index in [1.807, 2.05) is 0 Å². The molecule has 2 aliphatic rings. The Hall–Kier alpha value is -1.87. The first-order chi connectivity index (χ1) is 11.3. The van der Waals surface area contributed by atoms with Gasteiger partial charge in [-0.3, -0.25) is 9.69 Å². The van der Waals surface area contributed by atoms with Crippen LogP contribution in [0.25, 0.3) is 0 Å². The van der Waals surface area contributed by atoms with Crippen molar-refractivity contribution in [2.24, 2.45) is 0 Å². The molecule has 0 bridgehead atoms. The molecule has 2 rings (SSSR count). The van der Waals surface area contributed by atoms with Gasteiger partial charge >= 0.3 is 12.1 Å². The van der Waals surface area contributed by atoms with Gasteiger partial charge in [0.1, 0.15) is 5.60 Å². The third-order valence-electron chi connectivity index (χ3n) is 3.70. The third kappa shape index (κ3) is 5.34. The molecule has 0 aromatic carbocycles. The monoisotopic (exact) mass is 342 g/mol. The van der Waals surface area contributed by atoms with Crippen LogP contribution in [0.1, 0.15) is 27.2 Å². The van der Waals surface area contributed by atoms with Gasteiger partial charge in [-0.15, -0.1) is 0 Å². The average molecular weight is 342 g/mol. The summed E-state index contributed by atoms with van der Waals surface area (Å²) in [5, 5.41) is 0.747. The molecule has 0 aromatic rings. The van der Waals surface area contributed by atoms with Crippen LogP contribution in [0, 0.1) is 0 Å². The molecule has 2 saturated heterocycles. The molecule has 2 heterocycles. The third-order valence-corrected chi connectivity index (χ3v) is 3.70. The van der Waals surface area contributed by atoms with Crippen molar-refractivity contribution in [3.63, 3.8) is 0 Å². The highest BCUT2D eigenvalue weighted by atomic mass is 16.6. The van der Waals surface area contributed by atoms with Crippen molar-refractivity contribution in [3.8, 4) is 0 Å². The van der Waals surface area contributed by atoms with Gasteiger partial charge in [0, 0.05) is 39.1 Å². The van der Waals surface area contributed by atoms with Crippen LogP contribution in [0.4, 0.5) is 9.59 Å². The summed E-state index contributed by atoms with van der Waals surface area (Å²) >= 11 is 0. The molecule has 1 N–H and O–H groups in total. The van der Waals surface area contributed by atoms with E-state index in [2.05, 4.69) is 10.3 Å². The zero-order chi connectivity index (χ0) is 17.7. The zero-order valence-electron chi connectivity index (χ0n) is 14.5. The molecule has 0 radical (unpaired) electrons. The van der Waals surface area contributed by atoms with E-state index in [9.17, 15) is 14.4 Å². The van der Waals surface area contributed by atoms with Crippen LogP contribution < -0.4 is 5.43 Å². The number of hydrazine groups is 1. The second kappa shape index (κ2) is 7.80. The van der Waals surface area contributed by atoms with Crippen LogP contribution in [0.3, 0.4) is 0 Å². The summed E-state index contributed by atoms with van der Waals surface area (Å²) in [6.45, 7) is 9.75. The first-order valence-electron chi connectivity index (χ1n) is 8.18. The van der Waals surface area contributed by atoms with E-state index in [0.29, 0.717) is 32.8 Å². The highest BCUT2D eigenvalue weighted by Crippen LogP contribution is 2.11. The van der Waals surface area contributed by atoms with E-state index in [-0.39, 0.29) is 6.42 Å². The first kappa shape index (κ1) is 18.5. The van der Waals surface area contributed by atoms with Crippen LogP contribution >= 0.6 is 0 Å². The van der Waals surface area contributed by atoms with Gasteiger partial charge < -0.3 is 14.4 Å². The van der Waals surface area contributed by atoms with Gasteiger partial charge in [0.25, 0.3) is 5.91 Å².